The van der Waals surface area contributed by atoms with E-state index in [2.05, 4.69) is 32.4 Å². The molecule has 0 unspecified atom stereocenters. The van der Waals surface area contributed by atoms with Crippen molar-refractivity contribution in [2.75, 3.05) is 29.2 Å². The molecule has 2 atom stereocenters. The number of methoxy groups -OCH3 is 1. The molecule has 0 spiro atoms. The number of aromatic nitrogens is 2. The van der Waals surface area contributed by atoms with Crippen LogP contribution in [0, 0.1) is 0 Å². The van der Waals surface area contributed by atoms with Gasteiger partial charge in [0.25, 0.3) is 5.56 Å². The van der Waals surface area contributed by atoms with Crippen molar-refractivity contribution in [3.05, 3.63) is 39.1 Å². The van der Waals surface area contributed by atoms with Crippen LogP contribution in [0.25, 0.3) is 0 Å². The third-order valence-electron chi connectivity index (χ3n) is 6.04. The summed E-state index contributed by atoms with van der Waals surface area (Å²) in [5, 5.41) is 5.82. The van der Waals surface area contributed by atoms with Gasteiger partial charge < -0.3 is 20.3 Å². The third kappa shape index (κ3) is 4.29. The number of rotatable bonds is 5. The number of anilines is 3. The maximum atomic E-state index is 13.1. The van der Waals surface area contributed by atoms with Crippen molar-refractivity contribution < 1.29 is 14.3 Å². The Morgan fingerprint density at radius 3 is 2.91 bits per heavy atom. The topological polar surface area (TPSA) is 116 Å². The van der Waals surface area contributed by atoms with Crippen LogP contribution >= 0.6 is 11.6 Å². The Morgan fingerprint density at radius 2 is 2.16 bits per heavy atom. The zero-order valence-electron chi connectivity index (χ0n) is 18.0. The number of halogens is 1. The Morgan fingerprint density at radius 1 is 1.34 bits per heavy atom. The van der Waals surface area contributed by atoms with Crippen LogP contribution in [0.1, 0.15) is 50.5 Å². The fraction of sp³-hybridized carbons (Fsp3) is 0.455. The van der Waals surface area contributed by atoms with Gasteiger partial charge >= 0.3 is 0 Å². The first-order valence-electron chi connectivity index (χ1n) is 10.8. The minimum Gasteiger partial charge on any atom is -0.495 e. The van der Waals surface area contributed by atoms with Gasteiger partial charge in [-0.1, -0.05) is 18.5 Å². The number of piperidine rings is 1. The van der Waals surface area contributed by atoms with E-state index in [1.807, 2.05) is 0 Å². The third-order valence-corrected chi connectivity index (χ3v) is 6.28. The summed E-state index contributed by atoms with van der Waals surface area (Å²) in [7, 11) is 1.47. The minimum atomic E-state index is -0.990. The van der Waals surface area contributed by atoms with Gasteiger partial charge in [-0.05, 0) is 43.9 Å². The molecule has 1 aromatic heterocycles. The molecule has 1 aromatic carbocycles. The zero-order valence-corrected chi connectivity index (χ0v) is 18.8. The number of nitrogens with zero attached hydrogens (tertiary/aromatic N) is 2. The number of H-pyrrole nitrogens is 1. The van der Waals surface area contributed by atoms with Crippen LogP contribution in [0.2, 0.25) is 5.02 Å². The standard InChI is InChI=1S/C22H26ClN5O4/c1-3-13-6-4-5-9-28(13)22-26-19-18(21(31)27-22)14(11-17(29)25-19)20(30)24-15-10-12(23)7-8-16(15)32-2/h7-8,10,13-14H,3-6,9,11H2,1-2H3,(H,24,30)(H2,25,26,27,29,31)/t13-,14-/m0/s1. The van der Waals surface area contributed by atoms with Gasteiger partial charge in [0.1, 0.15) is 11.6 Å². The number of carbonyl (C=O) groups is 2. The number of amides is 2. The number of ether oxygens (including phenoxy) is 1. The van der Waals surface area contributed by atoms with Crippen LogP contribution in [-0.2, 0) is 9.59 Å². The van der Waals surface area contributed by atoms with Crippen molar-refractivity contribution >= 4 is 40.9 Å². The summed E-state index contributed by atoms with van der Waals surface area (Å²) in [5.41, 5.74) is 0.0817. The number of fused-ring (bicyclic) bond motifs is 1. The Bertz CT molecular complexity index is 1100. The lowest BCUT2D eigenvalue weighted by atomic mass is 9.92. The number of carbonyl (C=O) groups excluding carboxylic acids is 2. The van der Waals surface area contributed by atoms with Gasteiger partial charge in [0.05, 0.1) is 24.3 Å². The number of hydrogen-bond donors (Lipinski definition) is 3. The molecule has 0 saturated carbocycles. The maximum absolute atomic E-state index is 13.1. The molecule has 3 heterocycles. The van der Waals surface area contributed by atoms with Crippen molar-refractivity contribution in [1.29, 1.82) is 0 Å². The highest BCUT2D eigenvalue weighted by molar-refractivity contribution is 6.31. The summed E-state index contributed by atoms with van der Waals surface area (Å²) in [6, 6.07) is 5.09. The summed E-state index contributed by atoms with van der Waals surface area (Å²) in [4.78, 5) is 48.0. The van der Waals surface area contributed by atoms with Crippen molar-refractivity contribution in [2.45, 2.75) is 51.0 Å². The molecule has 32 heavy (non-hydrogen) atoms. The van der Waals surface area contributed by atoms with Crippen molar-refractivity contribution in [2.24, 2.45) is 0 Å². The van der Waals surface area contributed by atoms with E-state index in [9.17, 15) is 14.4 Å². The average molecular weight is 460 g/mol. The van der Waals surface area contributed by atoms with Gasteiger partial charge in [-0.2, -0.15) is 4.98 Å². The van der Waals surface area contributed by atoms with Crippen LogP contribution in [-0.4, -0.2) is 41.5 Å². The second kappa shape index (κ2) is 9.20. The highest BCUT2D eigenvalue weighted by Crippen LogP contribution is 2.33. The minimum absolute atomic E-state index is 0.138. The predicted octanol–water partition coefficient (Wildman–Crippen LogP) is 3.27. The van der Waals surface area contributed by atoms with E-state index in [-0.39, 0.29) is 29.8 Å². The van der Waals surface area contributed by atoms with Crippen LogP contribution in [0.4, 0.5) is 17.5 Å². The molecule has 1 saturated heterocycles. The van der Waals surface area contributed by atoms with Gasteiger partial charge in [-0.25, -0.2) is 0 Å². The van der Waals surface area contributed by atoms with E-state index in [1.54, 1.807) is 18.2 Å². The first kappa shape index (κ1) is 22.1. The number of benzene rings is 1. The van der Waals surface area contributed by atoms with Gasteiger partial charge in [0.2, 0.25) is 17.8 Å². The molecule has 2 amide bonds. The smallest absolute Gasteiger partial charge is 0.258 e. The van der Waals surface area contributed by atoms with E-state index in [0.717, 1.165) is 32.2 Å². The molecule has 2 aliphatic heterocycles. The Labute approximate surface area is 190 Å². The SMILES string of the molecule is CC[C@H]1CCCCN1c1nc2c(c(=O)[nH]1)[C@@H](C(=O)Nc1cc(Cl)ccc1OC)CC(=O)N2. The lowest BCUT2D eigenvalue weighted by molar-refractivity contribution is -0.123. The van der Waals surface area contributed by atoms with Gasteiger partial charge in [0, 0.05) is 24.0 Å². The molecule has 1 fully saturated rings. The summed E-state index contributed by atoms with van der Waals surface area (Å²) in [6.07, 6.45) is 3.94. The molecule has 2 aromatic rings. The Kier molecular flexibility index (Phi) is 6.36. The lowest BCUT2D eigenvalue weighted by Crippen LogP contribution is -2.43. The fourth-order valence-corrected chi connectivity index (χ4v) is 4.59. The van der Waals surface area contributed by atoms with Crippen LogP contribution in [0.15, 0.2) is 23.0 Å². The molecular formula is C22H26ClN5O4. The highest BCUT2D eigenvalue weighted by atomic mass is 35.5. The molecular weight excluding hydrogens is 434 g/mol. The number of aromatic amines is 1. The summed E-state index contributed by atoms with van der Waals surface area (Å²) in [6.45, 7) is 2.89. The molecule has 0 radical (unpaired) electrons. The van der Waals surface area contributed by atoms with Gasteiger partial charge in [-0.15, -0.1) is 0 Å². The van der Waals surface area contributed by atoms with Crippen LogP contribution < -0.4 is 25.8 Å². The monoisotopic (exact) mass is 459 g/mol. The number of nitrogens with one attached hydrogen (secondary N) is 3. The molecule has 3 N–H and O–H groups in total. The summed E-state index contributed by atoms with van der Waals surface area (Å²) < 4.78 is 5.27. The van der Waals surface area contributed by atoms with E-state index in [1.165, 1.54) is 7.11 Å². The summed E-state index contributed by atoms with van der Waals surface area (Å²) >= 11 is 6.05. The molecule has 0 bridgehead atoms. The Hall–Kier alpha value is -3.07. The first-order valence-corrected chi connectivity index (χ1v) is 11.1. The molecule has 170 valence electrons. The fourth-order valence-electron chi connectivity index (χ4n) is 4.42. The van der Waals surface area contributed by atoms with E-state index >= 15 is 0 Å². The zero-order chi connectivity index (χ0) is 22.8. The quantitative estimate of drug-likeness (QED) is 0.631. The van der Waals surface area contributed by atoms with E-state index < -0.39 is 17.4 Å². The second-order valence-electron chi connectivity index (χ2n) is 8.04. The summed E-state index contributed by atoms with van der Waals surface area (Å²) in [5.74, 6) is -0.884. The van der Waals surface area contributed by atoms with Crippen LogP contribution in [0.3, 0.4) is 0 Å². The van der Waals surface area contributed by atoms with Crippen molar-refractivity contribution in [1.82, 2.24) is 9.97 Å². The first-order chi connectivity index (χ1) is 15.4. The van der Waals surface area contributed by atoms with Crippen LogP contribution in [0.5, 0.6) is 5.75 Å². The molecule has 10 heteroatoms. The molecule has 4 rings (SSSR count). The van der Waals surface area contributed by atoms with Gasteiger partial charge in [0.15, 0.2) is 0 Å². The molecule has 2 aliphatic rings. The average Bonchev–Trinajstić information content (AvgIpc) is 2.78. The maximum Gasteiger partial charge on any atom is 0.258 e. The second-order valence-corrected chi connectivity index (χ2v) is 8.48. The van der Waals surface area contributed by atoms with E-state index in [4.69, 9.17) is 16.3 Å². The number of hydrogen-bond acceptors (Lipinski definition) is 6. The largest absolute Gasteiger partial charge is 0.495 e. The normalized spacial score (nSPS) is 20.3. The predicted molar refractivity (Wildman–Crippen MR) is 123 cm³/mol. The van der Waals surface area contributed by atoms with Crippen molar-refractivity contribution in [3.8, 4) is 5.75 Å². The van der Waals surface area contributed by atoms with E-state index in [0.29, 0.717) is 22.4 Å². The van der Waals surface area contributed by atoms with Crippen molar-refractivity contribution in [3.63, 3.8) is 0 Å². The lowest BCUT2D eigenvalue weighted by Gasteiger charge is -2.36. The van der Waals surface area contributed by atoms with Gasteiger partial charge in [-0.3, -0.25) is 19.4 Å². The molecule has 9 nitrogen and oxygen atoms in total. The highest BCUT2D eigenvalue weighted by Gasteiger charge is 2.36. The Balaban J connectivity index is 1.67. The molecule has 0 aliphatic carbocycles.